The van der Waals surface area contributed by atoms with Gasteiger partial charge in [-0.05, 0) is 55.3 Å². The lowest BCUT2D eigenvalue weighted by atomic mass is 9.71. The van der Waals surface area contributed by atoms with E-state index in [4.69, 9.17) is 0 Å². The second kappa shape index (κ2) is 5.64. The average molecular weight is 304 g/mol. The molecule has 0 saturated heterocycles. The fourth-order valence-electron chi connectivity index (χ4n) is 3.05. The molecule has 21 heavy (non-hydrogen) atoms. The number of carbonyl (C=O) groups is 1. The van der Waals surface area contributed by atoms with Crippen molar-refractivity contribution in [2.75, 3.05) is 11.9 Å². The number of benzene rings is 1. The maximum Gasteiger partial charge on any atom is 0.311 e. The van der Waals surface area contributed by atoms with Crippen LogP contribution in [-0.2, 0) is 4.79 Å². The van der Waals surface area contributed by atoms with Crippen LogP contribution >= 0.6 is 11.5 Å². The van der Waals surface area contributed by atoms with Crippen LogP contribution in [0.25, 0.3) is 10.9 Å². The van der Waals surface area contributed by atoms with E-state index in [1.165, 1.54) is 11.5 Å². The Kier molecular flexibility index (Phi) is 3.85. The standard InChI is InChI=1S/C16H20N2O2S/c1-11-6-8-16(9-7-11,15(19)20)10-17-14-12-4-2-3-5-13(12)18-21-14/h2-5,11,17H,6-10H2,1H3,(H,19,20). The zero-order valence-electron chi connectivity index (χ0n) is 12.1. The van der Waals surface area contributed by atoms with Crippen molar-refractivity contribution >= 4 is 33.4 Å². The molecule has 112 valence electrons. The highest BCUT2D eigenvalue weighted by Gasteiger charge is 2.41. The molecule has 2 N–H and O–H groups in total. The quantitative estimate of drug-likeness (QED) is 0.896. The molecule has 0 aliphatic heterocycles. The lowest BCUT2D eigenvalue weighted by Crippen LogP contribution is -2.40. The molecular formula is C16H20N2O2S. The van der Waals surface area contributed by atoms with E-state index in [-0.39, 0.29) is 0 Å². The van der Waals surface area contributed by atoms with Crippen molar-refractivity contribution in [3.8, 4) is 0 Å². The summed E-state index contributed by atoms with van der Waals surface area (Å²) in [5, 5.41) is 15.1. The number of aromatic nitrogens is 1. The third-order valence-corrected chi connectivity index (χ3v) is 5.49. The van der Waals surface area contributed by atoms with Gasteiger partial charge in [0.25, 0.3) is 0 Å². The fraction of sp³-hybridized carbons (Fsp3) is 0.500. The third kappa shape index (κ3) is 2.75. The second-order valence-electron chi connectivity index (χ2n) is 6.15. The van der Waals surface area contributed by atoms with Crippen molar-refractivity contribution in [3.05, 3.63) is 24.3 Å². The number of carboxylic acids is 1. The predicted octanol–water partition coefficient (Wildman–Crippen LogP) is 3.99. The van der Waals surface area contributed by atoms with Gasteiger partial charge in [0.05, 0.1) is 10.9 Å². The van der Waals surface area contributed by atoms with E-state index in [9.17, 15) is 9.90 Å². The van der Waals surface area contributed by atoms with Crippen molar-refractivity contribution in [3.63, 3.8) is 0 Å². The van der Waals surface area contributed by atoms with Crippen molar-refractivity contribution in [2.45, 2.75) is 32.6 Å². The zero-order valence-corrected chi connectivity index (χ0v) is 12.9. The van der Waals surface area contributed by atoms with Crippen LogP contribution in [0, 0.1) is 11.3 Å². The van der Waals surface area contributed by atoms with Crippen molar-refractivity contribution < 1.29 is 9.90 Å². The summed E-state index contributed by atoms with van der Waals surface area (Å²) < 4.78 is 4.39. The number of rotatable bonds is 4. The highest BCUT2D eigenvalue weighted by molar-refractivity contribution is 7.11. The average Bonchev–Trinajstić information content (AvgIpc) is 2.90. The van der Waals surface area contributed by atoms with Gasteiger partial charge < -0.3 is 10.4 Å². The summed E-state index contributed by atoms with van der Waals surface area (Å²) in [5.41, 5.74) is 0.337. The van der Waals surface area contributed by atoms with Crippen LogP contribution in [0.15, 0.2) is 24.3 Å². The van der Waals surface area contributed by atoms with E-state index in [1.807, 2.05) is 24.3 Å². The van der Waals surface area contributed by atoms with E-state index in [0.29, 0.717) is 12.5 Å². The van der Waals surface area contributed by atoms with Gasteiger partial charge in [-0.25, -0.2) is 0 Å². The summed E-state index contributed by atoms with van der Waals surface area (Å²) in [4.78, 5) is 11.8. The molecule has 2 aromatic rings. The van der Waals surface area contributed by atoms with E-state index in [0.717, 1.165) is 41.6 Å². The highest BCUT2D eigenvalue weighted by atomic mass is 32.1. The lowest BCUT2D eigenvalue weighted by molar-refractivity contribution is -0.150. The van der Waals surface area contributed by atoms with E-state index in [1.54, 1.807) is 0 Å². The molecule has 0 amide bonds. The number of nitrogens with one attached hydrogen (secondary N) is 1. The first-order valence-corrected chi connectivity index (χ1v) is 8.20. The summed E-state index contributed by atoms with van der Waals surface area (Å²) in [6.45, 7) is 2.69. The van der Waals surface area contributed by atoms with Crippen molar-refractivity contribution in [2.24, 2.45) is 11.3 Å². The Balaban J connectivity index is 1.77. The number of fused-ring (bicyclic) bond motifs is 1. The van der Waals surface area contributed by atoms with Gasteiger partial charge in [0, 0.05) is 11.9 Å². The molecule has 1 aliphatic carbocycles. The Morgan fingerprint density at radius 2 is 2.14 bits per heavy atom. The van der Waals surface area contributed by atoms with Crippen LogP contribution < -0.4 is 5.32 Å². The Hall–Kier alpha value is -1.62. The molecule has 0 radical (unpaired) electrons. The number of aliphatic carboxylic acids is 1. The Morgan fingerprint density at radius 1 is 1.43 bits per heavy atom. The molecule has 5 heteroatoms. The molecule has 1 saturated carbocycles. The predicted molar refractivity (Wildman–Crippen MR) is 85.8 cm³/mol. The molecule has 1 aromatic carbocycles. The number of anilines is 1. The highest BCUT2D eigenvalue weighted by Crippen LogP contribution is 2.40. The molecule has 0 spiro atoms. The fourth-order valence-corrected chi connectivity index (χ4v) is 3.80. The Labute approximate surface area is 128 Å². The van der Waals surface area contributed by atoms with Gasteiger partial charge in [-0.3, -0.25) is 4.79 Å². The molecule has 1 fully saturated rings. The van der Waals surface area contributed by atoms with Crippen LogP contribution in [0.2, 0.25) is 0 Å². The zero-order chi connectivity index (χ0) is 14.9. The van der Waals surface area contributed by atoms with Crippen LogP contribution in [0.5, 0.6) is 0 Å². The van der Waals surface area contributed by atoms with Crippen LogP contribution in [0.4, 0.5) is 5.00 Å². The van der Waals surface area contributed by atoms with Gasteiger partial charge in [0.1, 0.15) is 5.00 Å². The van der Waals surface area contributed by atoms with Crippen molar-refractivity contribution in [1.29, 1.82) is 0 Å². The third-order valence-electron chi connectivity index (χ3n) is 4.66. The first kappa shape index (κ1) is 14.3. The van der Waals surface area contributed by atoms with E-state index < -0.39 is 11.4 Å². The van der Waals surface area contributed by atoms with Crippen LogP contribution in [-0.4, -0.2) is 22.0 Å². The monoisotopic (exact) mass is 304 g/mol. The smallest absolute Gasteiger partial charge is 0.311 e. The van der Waals surface area contributed by atoms with Crippen LogP contribution in [0.3, 0.4) is 0 Å². The topological polar surface area (TPSA) is 62.2 Å². The number of nitrogens with zero attached hydrogens (tertiary/aromatic N) is 1. The SMILES string of the molecule is CC1CCC(CNc2snc3ccccc23)(C(=O)O)CC1. The Morgan fingerprint density at radius 3 is 2.86 bits per heavy atom. The molecule has 4 nitrogen and oxygen atoms in total. The largest absolute Gasteiger partial charge is 0.481 e. The summed E-state index contributed by atoms with van der Waals surface area (Å²) in [5.74, 6) is -0.0302. The minimum Gasteiger partial charge on any atom is -0.481 e. The number of hydrogen-bond donors (Lipinski definition) is 2. The maximum absolute atomic E-state index is 11.8. The van der Waals surface area contributed by atoms with Gasteiger partial charge in [-0.1, -0.05) is 19.1 Å². The van der Waals surface area contributed by atoms with E-state index in [2.05, 4.69) is 16.6 Å². The van der Waals surface area contributed by atoms with Gasteiger partial charge in [0.15, 0.2) is 0 Å². The summed E-state index contributed by atoms with van der Waals surface area (Å²) >= 11 is 1.41. The second-order valence-corrected chi connectivity index (χ2v) is 6.92. The minimum atomic E-state index is -0.671. The lowest BCUT2D eigenvalue weighted by Gasteiger charge is -2.35. The summed E-state index contributed by atoms with van der Waals surface area (Å²) in [6.07, 6.45) is 3.51. The van der Waals surface area contributed by atoms with Gasteiger partial charge in [-0.2, -0.15) is 4.37 Å². The number of hydrogen-bond acceptors (Lipinski definition) is 4. The molecule has 1 aromatic heterocycles. The Bertz CT molecular complexity index is 645. The summed E-state index contributed by atoms with van der Waals surface area (Å²) in [7, 11) is 0. The molecule has 1 heterocycles. The molecule has 0 atom stereocenters. The van der Waals surface area contributed by atoms with Gasteiger partial charge >= 0.3 is 5.97 Å². The van der Waals surface area contributed by atoms with Crippen LogP contribution in [0.1, 0.15) is 32.6 Å². The normalized spacial score (nSPS) is 25.9. The number of carboxylic acid groups (broad SMARTS) is 1. The molecule has 0 bridgehead atoms. The molecular weight excluding hydrogens is 284 g/mol. The first-order chi connectivity index (χ1) is 10.1. The maximum atomic E-state index is 11.8. The van der Waals surface area contributed by atoms with Crippen molar-refractivity contribution in [1.82, 2.24) is 4.37 Å². The van der Waals surface area contributed by atoms with Gasteiger partial charge in [0.2, 0.25) is 0 Å². The van der Waals surface area contributed by atoms with Gasteiger partial charge in [-0.15, -0.1) is 0 Å². The van der Waals surface area contributed by atoms with E-state index >= 15 is 0 Å². The molecule has 1 aliphatic rings. The first-order valence-electron chi connectivity index (χ1n) is 7.42. The molecule has 3 rings (SSSR count). The molecule has 0 unspecified atom stereocenters. The minimum absolute atomic E-state index is 0.487. The summed E-state index contributed by atoms with van der Waals surface area (Å²) in [6, 6.07) is 7.95.